The van der Waals surface area contributed by atoms with Gasteiger partial charge in [-0.25, -0.2) is 4.39 Å². The normalized spacial score (nSPS) is 19.2. The van der Waals surface area contributed by atoms with Crippen molar-refractivity contribution < 1.29 is 18.7 Å². The standard InChI is InChI=1S/C24H31FN2O3/c1-18(2)30-22-7-5-4-6-20(22)16-27-14-12-24(17-27,13-15-29-3)26-23(28)19-8-10-21(25)11-9-19/h4-11,18H,12-17H2,1-3H3,(H,26,28)/t24-/m1/s1. The summed E-state index contributed by atoms with van der Waals surface area (Å²) in [6.07, 6.45) is 1.66. The van der Waals surface area contributed by atoms with Gasteiger partial charge in [0.05, 0.1) is 11.6 Å². The molecule has 0 saturated carbocycles. The summed E-state index contributed by atoms with van der Waals surface area (Å²) in [7, 11) is 1.67. The average molecular weight is 415 g/mol. The maximum atomic E-state index is 13.2. The van der Waals surface area contributed by atoms with E-state index in [0.29, 0.717) is 12.2 Å². The molecule has 6 heteroatoms. The summed E-state index contributed by atoms with van der Waals surface area (Å²) < 4.78 is 24.5. The maximum absolute atomic E-state index is 13.2. The number of carbonyl (C=O) groups is 1. The summed E-state index contributed by atoms with van der Waals surface area (Å²) >= 11 is 0. The highest BCUT2D eigenvalue weighted by Crippen LogP contribution is 2.29. The van der Waals surface area contributed by atoms with E-state index in [4.69, 9.17) is 9.47 Å². The molecule has 1 aliphatic rings. The molecule has 1 atom stereocenters. The molecule has 5 nitrogen and oxygen atoms in total. The number of benzene rings is 2. The first-order chi connectivity index (χ1) is 14.4. The van der Waals surface area contributed by atoms with E-state index in [1.54, 1.807) is 7.11 Å². The number of para-hydroxylation sites is 1. The molecular weight excluding hydrogens is 383 g/mol. The fraction of sp³-hybridized carbons (Fsp3) is 0.458. The van der Waals surface area contributed by atoms with Gasteiger partial charge in [0, 0.05) is 44.5 Å². The topological polar surface area (TPSA) is 50.8 Å². The fourth-order valence-corrected chi connectivity index (χ4v) is 3.92. The number of hydrogen-bond acceptors (Lipinski definition) is 4. The van der Waals surface area contributed by atoms with E-state index in [0.717, 1.165) is 43.8 Å². The number of rotatable bonds is 9. The Balaban J connectivity index is 1.71. The molecule has 0 aromatic heterocycles. The Labute approximate surface area is 178 Å². The van der Waals surface area contributed by atoms with Gasteiger partial charge < -0.3 is 14.8 Å². The van der Waals surface area contributed by atoms with E-state index < -0.39 is 0 Å². The van der Waals surface area contributed by atoms with Gasteiger partial charge in [-0.1, -0.05) is 18.2 Å². The van der Waals surface area contributed by atoms with Crippen molar-refractivity contribution in [2.45, 2.75) is 44.9 Å². The first-order valence-electron chi connectivity index (χ1n) is 10.4. The number of nitrogens with one attached hydrogen (secondary N) is 1. The van der Waals surface area contributed by atoms with Gasteiger partial charge >= 0.3 is 0 Å². The first kappa shape index (κ1) is 22.2. The Kier molecular flexibility index (Phi) is 7.45. The molecule has 162 valence electrons. The molecule has 1 saturated heterocycles. The van der Waals surface area contributed by atoms with Crippen LogP contribution in [0.4, 0.5) is 4.39 Å². The van der Waals surface area contributed by atoms with Crippen molar-refractivity contribution in [3.63, 3.8) is 0 Å². The second kappa shape index (κ2) is 10.0. The monoisotopic (exact) mass is 414 g/mol. The SMILES string of the molecule is COCC[C@]1(NC(=O)c2ccc(F)cc2)CCN(Cc2ccccc2OC(C)C)C1. The van der Waals surface area contributed by atoms with E-state index in [-0.39, 0.29) is 23.4 Å². The van der Waals surface area contributed by atoms with Gasteiger partial charge in [0.1, 0.15) is 11.6 Å². The lowest BCUT2D eigenvalue weighted by molar-refractivity contribution is 0.0864. The first-order valence-corrected chi connectivity index (χ1v) is 10.4. The number of halogens is 1. The molecule has 2 aromatic carbocycles. The quantitative estimate of drug-likeness (QED) is 0.673. The summed E-state index contributed by atoms with van der Waals surface area (Å²) in [5.74, 6) is 0.365. The molecular formula is C24H31FN2O3. The predicted molar refractivity (Wildman–Crippen MR) is 115 cm³/mol. The third-order valence-corrected chi connectivity index (χ3v) is 5.43. The van der Waals surface area contributed by atoms with Crippen LogP contribution in [0.25, 0.3) is 0 Å². The summed E-state index contributed by atoms with van der Waals surface area (Å²) in [5.41, 5.74) is 1.22. The van der Waals surface area contributed by atoms with E-state index in [1.807, 2.05) is 32.0 Å². The van der Waals surface area contributed by atoms with Gasteiger partial charge in [0.25, 0.3) is 5.91 Å². The van der Waals surface area contributed by atoms with Crippen LogP contribution in [0.15, 0.2) is 48.5 Å². The Morgan fingerprint density at radius 1 is 1.20 bits per heavy atom. The largest absolute Gasteiger partial charge is 0.491 e. The van der Waals surface area contributed by atoms with E-state index >= 15 is 0 Å². The Morgan fingerprint density at radius 2 is 1.93 bits per heavy atom. The molecule has 0 bridgehead atoms. The van der Waals surface area contributed by atoms with Crippen LogP contribution in [0.3, 0.4) is 0 Å². The summed E-state index contributed by atoms with van der Waals surface area (Å²) in [5, 5.41) is 3.21. The lowest BCUT2D eigenvalue weighted by Gasteiger charge is -2.31. The number of likely N-dealkylation sites (tertiary alicyclic amines) is 1. The molecule has 0 spiro atoms. The van der Waals surface area contributed by atoms with Crippen molar-refractivity contribution >= 4 is 5.91 Å². The van der Waals surface area contributed by atoms with Crippen molar-refractivity contribution in [1.29, 1.82) is 0 Å². The number of nitrogens with zero attached hydrogens (tertiary/aromatic N) is 1. The molecule has 0 aliphatic carbocycles. The molecule has 2 aromatic rings. The number of hydrogen-bond donors (Lipinski definition) is 1. The van der Waals surface area contributed by atoms with Crippen molar-refractivity contribution in [3.8, 4) is 5.75 Å². The van der Waals surface area contributed by atoms with Crippen molar-refractivity contribution in [2.24, 2.45) is 0 Å². The predicted octanol–water partition coefficient (Wildman–Crippen LogP) is 4.02. The van der Waals surface area contributed by atoms with Crippen molar-refractivity contribution in [2.75, 3.05) is 26.8 Å². The maximum Gasteiger partial charge on any atom is 0.251 e. The van der Waals surface area contributed by atoms with Crippen molar-refractivity contribution in [3.05, 3.63) is 65.5 Å². The van der Waals surface area contributed by atoms with Gasteiger partial charge in [-0.05, 0) is 57.0 Å². The number of methoxy groups -OCH3 is 1. The zero-order valence-corrected chi connectivity index (χ0v) is 18.0. The summed E-state index contributed by atoms with van der Waals surface area (Å²) in [6.45, 7) is 6.94. The van der Waals surface area contributed by atoms with Gasteiger partial charge in [-0.3, -0.25) is 9.69 Å². The third-order valence-electron chi connectivity index (χ3n) is 5.43. The lowest BCUT2D eigenvalue weighted by atomic mass is 9.93. The Hall–Kier alpha value is -2.44. The number of amides is 1. The molecule has 1 N–H and O–H groups in total. The summed E-state index contributed by atoms with van der Waals surface area (Å²) in [6, 6.07) is 13.7. The Bertz CT molecular complexity index is 841. The number of ether oxygens (including phenoxy) is 2. The van der Waals surface area contributed by atoms with Gasteiger partial charge in [0.15, 0.2) is 0 Å². The van der Waals surface area contributed by atoms with Crippen LogP contribution in [-0.4, -0.2) is 49.3 Å². The Morgan fingerprint density at radius 3 is 2.63 bits per heavy atom. The van der Waals surface area contributed by atoms with Crippen molar-refractivity contribution in [1.82, 2.24) is 10.2 Å². The van der Waals surface area contributed by atoms with E-state index in [2.05, 4.69) is 16.3 Å². The minimum Gasteiger partial charge on any atom is -0.491 e. The van der Waals surface area contributed by atoms with Gasteiger partial charge in [-0.15, -0.1) is 0 Å². The highest BCUT2D eigenvalue weighted by molar-refractivity contribution is 5.94. The highest BCUT2D eigenvalue weighted by Gasteiger charge is 2.39. The van der Waals surface area contributed by atoms with Crippen LogP contribution in [-0.2, 0) is 11.3 Å². The molecule has 0 unspecified atom stereocenters. The van der Waals surface area contributed by atoms with Gasteiger partial charge in [0.2, 0.25) is 0 Å². The van der Waals surface area contributed by atoms with E-state index in [9.17, 15) is 9.18 Å². The molecule has 1 heterocycles. The van der Waals surface area contributed by atoms with Crippen LogP contribution in [0, 0.1) is 5.82 Å². The van der Waals surface area contributed by atoms with E-state index in [1.165, 1.54) is 24.3 Å². The lowest BCUT2D eigenvalue weighted by Crippen LogP contribution is -2.51. The van der Waals surface area contributed by atoms with Gasteiger partial charge in [-0.2, -0.15) is 0 Å². The zero-order chi connectivity index (χ0) is 21.6. The molecule has 0 radical (unpaired) electrons. The second-order valence-electron chi connectivity index (χ2n) is 8.22. The summed E-state index contributed by atoms with van der Waals surface area (Å²) in [4.78, 5) is 15.1. The third kappa shape index (κ3) is 5.80. The molecule has 3 rings (SSSR count). The minimum atomic E-state index is -0.380. The highest BCUT2D eigenvalue weighted by atomic mass is 19.1. The molecule has 1 amide bonds. The van der Waals surface area contributed by atoms with Crippen LogP contribution < -0.4 is 10.1 Å². The average Bonchev–Trinajstić information content (AvgIpc) is 3.10. The van der Waals surface area contributed by atoms with Crippen LogP contribution in [0.1, 0.15) is 42.6 Å². The molecule has 30 heavy (non-hydrogen) atoms. The zero-order valence-electron chi connectivity index (χ0n) is 18.0. The molecule has 1 aliphatic heterocycles. The number of carbonyl (C=O) groups excluding carboxylic acids is 1. The molecule has 1 fully saturated rings. The van der Waals surface area contributed by atoms with Crippen LogP contribution in [0.5, 0.6) is 5.75 Å². The minimum absolute atomic E-state index is 0.112. The smallest absolute Gasteiger partial charge is 0.251 e. The fourth-order valence-electron chi connectivity index (χ4n) is 3.92. The van der Waals surface area contributed by atoms with Crippen LogP contribution in [0.2, 0.25) is 0 Å². The second-order valence-corrected chi connectivity index (χ2v) is 8.22. The van der Waals surface area contributed by atoms with Crippen LogP contribution >= 0.6 is 0 Å².